The second-order valence-electron chi connectivity index (χ2n) is 7.24. The minimum absolute atomic E-state index is 0.120. The highest BCUT2D eigenvalue weighted by atomic mass is 32.2. The molecule has 0 fully saturated rings. The number of hydrogen-bond donors (Lipinski definition) is 2. The number of nitrogens with one attached hydrogen (secondary N) is 2. The third-order valence-corrected chi connectivity index (χ3v) is 5.75. The van der Waals surface area contributed by atoms with Crippen molar-refractivity contribution in [3.8, 4) is 11.4 Å². The van der Waals surface area contributed by atoms with Gasteiger partial charge >= 0.3 is 0 Å². The third-order valence-electron chi connectivity index (χ3n) is 4.74. The van der Waals surface area contributed by atoms with E-state index in [1.165, 1.54) is 32.1 Å². The SMILES string of the molecule is COc1ccc(NC(C)=O)cc1NC(=O)CSc1ncnc2c1cnn2-c1ccc(C)cc1. The highest BCUT2D eigenvalue weighted by Crippen LogP contribution is 2.29. The summed E-state index contributed by atoms with van der Waals surface area (Å²) in [6.07, 6.45) is 3.17. The summed E-state index contributed by atoms with van der Waals surface area (Å²) in [6, 6.07) is 13.0. The lowest BCUT2D eigenvalue weighted by atomic mass is 10.2. The lowest BCUT2D eigenvalue weighted by molar-refractivity contribution is -0.114. The van der Waals surface area contributed by atoms with E-state index in [0.717, 1.165) is 16.6 Å². The molecule has 0 spiro atoms. The van der Waals surface area contributed by atoms with Crippen LogP contribution in [-0.2, 0) is 9.59 Å². The van der Waals surface area contributed by atoms with Crippen LogP contribution in [0, 0.1) is 6.92 Å². The van der Waals surface area contributed by atoms with Crippen LogP contribution >= 0.6 is 11.8 Å². The molecule has 33 heavy (non-hydrogen) atoms. The highest BCUT2D eigenvalue weighted by molar-refractivity contribution is 8.00. The molecule has 4 aromatic rings. The Balaban J connectivity index is 1.49. The monoisotopic (exact) mass is 462 g/mol. The van der Waals surface area contributed by atoms with Crippen molar-refractivity contribution in [2.24, 2.45) is 0 Å². The van der Waals surface area contributed by atoms with Gasteiger partial charge in [0.15, 0.2) is 5.65 Å². The molecule has 168 valence electrons. The second kappa shape index (κ2) is 9.70. The molecule has 0 aliphatic heterocycles. The molecule has 4 rings (SSSR count). The summed E-state index contributed by atoms with van der Waals surface area (Å²) in [5.41, 5.74) is 3.75. The van der Waals surface area contributed by atoms with E-state index in [2.05, 4.69) is 25.7 Å². The molecule has 2 aromatic heterocycles. The van der Waals surface area contributed by atoms with Crippen LogP contribution in [0.25, 0.3) is 16.7 Å². The van der Waals surface area contributed by atoms with E-state index in [9.17, 15) is 9.59 Å². The number of rotatable bonds is 7. The van der Waals surface area contributed by atoms with E-state index in [4.69, 9.17) is 4.74 Å². The van der Waals surface area contributed by atoms with Crippen LogP contribution in [0.4, 0.5) is 11.4 Å². The largest absolute Gasteiger partial charge is 0.495 e. The number of nitrogens with zero attached hydrogens (tertiary/aromatic N) is 4. The summed E-state index contributed by atoms with van der Waals surface area (Å²) in [5, 5.41) is 11.4. The Morgan fingerprint density at radius 2 is 1.88 bits per heavy atom. The lowest BCUT2D eigenvalue weighted by Crippen LogP contribution is -2.15. The van der Waals surface area contributed by atoms with Gasteiger partial charge in [-0.25, -0.2) is 14.6 Å². The van der Waals surface area contributed by atoms with E-state index in [1.54, 1.807) is 29.1 Å². The van der Waals surface area contributed by atoms with Gasteiger partial charge in [-0.05, 0) is 37.3 Å². The van der Waals surface area contributed by atoms with E-state index >= 15 is 0 Å². The number of carbonyl (C=O) groups excluding carboxylic acids is 2. The predicted octanol–water partition coefficient (Wildman–Crippen LogP) is 3.82. The van der Waals surface area contributed by atoms with Crippen molar-refractivity contribution in [1.29, 1.82) is 0 Å². The van der Waals surface area contributed by atoms with Crippen LogP contribution < -0.4 is 15.4 Å². The van der Waals surface area contributed by atoms with Crippen molar-refractivity contribution in [2.75, 3.05) is 23.5 Å². The summed E-state index contributed by atoms with van der Waals surface area (Å²) in [5.74, 6) is 0.171. The molecular weight excluding hydrogens is 440 g/mol. The number of thioether (sulfide) groups is 1. The Hall–Kier alpha value is -3.92. The molecular formula is C23H22N6O3S. The number of methoxy groups -OCH3 is 1. The van der Waals surface area contributed by atoms with Crippen LogP contribution in [0.5, 0.6) is 5.75 Å². The Labute approximate surface area is 194 Å². The van der Waals surface area contributed by atoms with Gasteiger partial charge in [-0.3, -0.25) is 9.59 Å². The van der Waals surface area contributed by atoms with Crippen molar-refractivity contribution < 1.29 is 14.3 Å². The first kappa shape index (κ1) is 22.3. The van der Waals surface area contributed by atoms with Gasteiger partial charge in [0.1, 0.15) is 17.1 Å². The zero-order valence-electron chi connectivity index (χ0n) is 18.3. The Morgan fingerprint density at radius 3 is 2.61 bits per heavy atom. The van der Waals surface area contributed by atoms with Crippen LogP contribution in [0.2, 0.25) is 0 Å². The average Bonchev–Trinajstić information content (AvgIpc) is 3.23. The fraction of sp³-hybridized carbons (Fsp3) is 0.174. The summed E-state index contributed by atoms with van der Waals surface area (Å²) in [6.45, 7) is 3.45. The molecule has 0 unspecified atom stereocenters. The molecule has 0 aliphatic rings. The normalized spacial score (nSPS) is 10.8. The molecule has 0 saturated heterocycles. The number of carbonyl (C=O) groups is 2. The first-order valence-corrected chi connectivity index (χ1v) is 11.1. The maximum atomic E-state index is 12.6. The van der Waals surface area contributed by atoms with Crippen molar-refractivity contribution in [2.45, 2.75) is 18.9 Å². The average molecular weight is 463 g/mol. The van der Waals surface area contributed by atoms with E-state index in [0.29, 0.717) is 27.8 Å². The maximum Gasteiger partial charge on any atom is 0.234 e. The van der Waals surface area contributed by atoms with Gasteiger partial charge < -0.3 is 15.4 Å². The van der Waals surface area contributed by atoms with Crippen molar-refractivity contribution in [3.63, 3.8) is 0 Å². The van der Waals surface area contributed by atoms with Crippen LogP contribution in [0.1, 0.15) is 12.5 Å². The molecule has 2 N–H and O–H groups in total. The Bertz CT molecular complexity index is 1320. The van der Waals surface area contributed by atoms with Gasteiger partial charge in [-0.15, -0.1) is 0 Å². The van der Waals surface area contributed by atoms with Gasteiger partial charge in [0, 0.05) is 12.6 Å². The minimum Gasteiger partial charge on any atom is -0.495 e. The summed E-state index contributed by atoms with van der Waals surface area (Å²) >= 11 is 1.29. The van der Waals surface area contributed by atoms with Gasteiger partial charge in [-0.2, -0.15) is 5.10 Å². The van der Waals surface area contributed by atoms with Gasteiger partial charge in [-0.1, -0.05) is 29.5 Å². The molecule has 0 bridgehead atoms. The van der Waals surface area contributed by atoms with Crippen LogP contribution in [-0.4, -0.2) is 44.4 Å². The number of aromatic nitrogens is 4. The first-order chi connectivity index (χ1) is 15.9. The topological polar surface area (TPSA) is 111 Å². The number of hydrogen-bond acceptors (Lipinski definition) is 7. The molecule has 2 heterocycles. The van der Waals surface area contributed by atoms with Gasteiger partial charge in [0.25, 0.3) is 0 Å². The van der Waals surface area contributed by atoms with E-state index < -0.39 is 0 Å². The molecule has 10 heteroatoms. The van der Waals surface area contributed by atoms with Gasteiger partial charge in [0.05, 0.1) is 35.8 Å². The zero-order chi connectivity index (χ0) is 23.4. The fourth-order valence-electron chi connectivity index (χ4n) is 3.22. The zero-order valence-corrected chi connectivity index (χ0v) is 19.1. The number of ether oxygens (including phenoxy) is 1. The summed E-state index contributed by atoms with van der Waals surface area (Å²) < 4.78 is 7.06. The standard InChI is InChI=1S/C23H22N6O3S/c1-14-4-7-17(8-5-14)29-22-18(11-26-29)23(25-13-24-22)33-12-21(31)28-19-10-16(27-15(2)30)6-9-20(19)32-3/h4-11,13H,12H2,1-3H3,(H,27,30)(H,28,31). The van der Waals surface area contributed by atoms with Crippen molar-refractivity contribution >= 4 is 46.0 Å². The predicted molar refractivity (Wildman–Crippen MR) is 128 cm³/mol. The smallest absolute Gasteiger partial charge is 0.234 e. The fourth-order valence-corrected chi connectivity index (χ4v) is 3.98. The molecule has 0 radical (unpaired) electrons. The molecule has 2 aromatic carbocycles. The van der Waals surface area contributed by atoms with Crippen molar-refractivity contribution in [1.82, 2.24) is 19.7 Å². The summed E-state index contributed by atoms with van der Waals surface area (Å²) in [7, 11) is 1.52. The Morgan fingerprint density at radius 1 is 1.09 bits per heavy atom. The molecule has 0 aliphatic carbocycles. The van der Waals surface area contributed by atoms with Gasteiger partial charge in [0.2, 0.25) is 11.8 Å². The van der Waals surface area contributed by atoms with E-state index in [1.807, 2.05) is 31.2 Å². The number of anilines is 2. The molecule has 0 atom stereocenters. The molecule has 9 nitrogen and oxygen atoms in total. The lowest BCUT2D eigenvalue weighted by Gasteiger charge is -2.12. The maximum absolute atomic E-state index is 12.6. The van der Waals surface area contributed by atoms with Crippen LogP contribution in [0.15, 0.2) is 60.0 Å². The number of amides is 2. The Kier molecular flexibility index (Phi) is 6.55. The minimum atomic E-state index is -0.240. The van der Waals surface area contributed by atoms with E-state index in [-0.39, 0.29) is 17.6 Å². The first-order valence-electron chi connectivity index (χ1n) is 10.1. The molecule has 2 amide bonds. The number of benzene rings is 2. The third kappa shape index (κ3) is 5.12. The van der Waals surface area contributed by atoms with Crippen molar-refractivity contribution in [3.05, 3.63) is 60.6 Å². The highest BCUT2D eigenvalue weighted by Gasteiger charge is 2.14. The molecule has 0 saturated carbocycles. The second-order valence-corrected chi connectivity index (χ2v) is 8.21. The van der Waals surface area contributed by atoms with Crippen LogP contribution in [0.3, 0.4) is 0 Å². The quantitative estimate of drug-likeness (QED) is 0.317. The number of aryl methyl sites for hydroxylation is 1. The summed E-state index contributed by atoms with van der Waals surface area (Å²) in [4.78, 5) is 32.7. The number of fused-ring (bicyclic) bond motifs is 1.